The van der Waals surface area contributed by atoms with E-state index in [1.54, 1.807) is 18.2 Å². The Morgan fingerprint density at radius 3 is 2.67 bits per heavy atom. The maximum atomic E-state index is 13.0. The first-order chi connectivity index (χ1) is 12.7. The topological polar surface area (TPSA) is 95.9 Å². The van der Waals surface area contributed by atoms with Crippen molar-refractivity contribution < 1.29 is 24.2 Å². The van der Waals surface area contributed by atoms with Crippen LogP contribution in [0.5, 0.6) is 0 Å². The van der Waals surface area contributed by atoms with Gasteiger partial charge in [-0.05, 0) is 37.0 Å². The van der Waals surface area contributed by atoms with Gasteiger partial charge in [0.25, 0.3) is 5.91 Å². The first kappa shape index (κ1) is 20.9. The molecule has 1 saturated heterocycles. The van der Waals surface area contributed by atoms with E-state index in [-0.39, 0.29) is 30.7 Å². The van der Waals surface area contributed by atoms with Gasteiger partial charge in [0.05, 0.1) is 13.2 Å². The smallest absolute Gasteiger partial charge is 0.328 e. The molecular weight excluding hydrogens is 348 g/mol. The standard InChI is InChI=1S/C20H28N2O5/c1-12(2)9-18(24)21-16-10-14(6-5-13(16)3)19(25)22-8-7-15(23)11-17(22)20(26)27-4/h5-6,10,12,15,17,23H,7-9,11H2,1-4H3,(H,21,24). The summed E-state index contributed by atoms with van der Waals surface area (Å²) in [5.74, 6) is -0.738. The number of nitrogens with zero attached hydrogens (tertiary/aromatic N) is 1. The van der Waals surface area contributed by atoms with E-state index in [4.69, 9.17) is 4.74 Å². The summed E-state index contributed by atoms with van der Waals surface area (Å²) in [6, 6.07) is 4.26. The second-order valence-corrected chi connectivity index (χ2v) is 7.39. The number of piperidine rings is 1. The molecule has 0 aromatic heterocycles. The highest BCUT2D eigenvalue weighted by Crippen LogP contribution is 2.24. The van der Waals surface area contributed by atoms with Crippen LogP contribution in [0.25, 0.3) is 0 Å². The number of carbonyl (C=O) groups is 3. The molecule has 2 atom stereocenters. The largest absolute Gasteiger partial charge is 0.467 e. The summed E-state index contributed by atoms with van der Waals surface area (Å²) in [7, 11) is 1.26. The maximum absolute atomic E-state index is 13.0. The van der Waals surface area contributed by atoms with Crippen LogP contribution in [0, 0.1) is 12.8 Å². The van der Waals surface area contributed by atoms with Crippen molar-refractivity contribution in [2.24, 2.45) is 5.92 Å². The molecule has 2 N–H and O–H groups in total. The van der Waals surface area contributed by atoms with E-state index in [9.17, 15) is 19.5 Å². The Morgan fingerprint density at radius 2 is 2.04 bits per heavy atom. The Morgan fingerprint density at radius 1 is 1.33 bits per heavy atom. The van der Waals surface area contributed by atoms with Crippen LogP contribution in [0.15, 0.2) is 18.2 Å². The molecule has 2 unspecified atom stereocenters. The van der Waals surface area contributed by atoms with Crippen LogP contribution in [-0.2, 0) is 14.3 Å². The van der Waals surface area contributed by atoms with Crippen molar-refractivity contribution in [1.82, 2.24) is 4.90 Å². The van der Waals surface area contributed by atoms with Crippen molar-refractivity contribution in [3.8, 4) is 0 Å². The summed E-state index contributed by atoms with van der Waals surface area (Å²) in [5, 5.41) is 12.7. The SMILES string of the molecule is COC(=O)C1CC(O)CCN1C(=O)c1ccc(C)c(NC(=O)CC(C)C)c1. The zero-order valence-corrected chi connectivity index (χ0v) is 16.3. The zero-order chi connectivity index (χ0) is 20.1. The van der Waals surface area contributed by atoms with Gasteiger partial charge < -0.3 is 20.1 Å². The van der Waals surface area contributed by atoms with E-state index in [1.165, 1.54) is 12.0 Å². The Labute approximate surface area is 159 Å². The predicted molar refractivity (Wildman–Crippen MR) is 101 cm³/mol. The Kier molecular flexibility index (Phi) is 6.96. The average Bonchev–Trinajstić information content (AvgIpc) is 2.61. The molecule has 1 aromatic carbocycles. The molecule has 148 valence electrons. The second kappa shape index (κ2) is 8.99. The van der Waals surface area contributed by atoms with E-state index in [1.807, 2.05) is 20.8 Å². The molecule has 7 heteroatoms. The molecule has 0 aliphatic carbocycles. The van der Waals surface area contributed by atoms with Gasteiger partial charge in [-0.2, -0.15) is 0 Å². The summed E-state index contributed by atoms with van der Waals surface area (Å²) < 4.78 is 4.79. The molecule has 1 aliphatic rings. The lowest BCUT2D eigenvalue weighted by molar-refractivity contribution is -0.148. The third-order valence-electron chi connectivity index (χ3n) is 4.66. The number of methoxy groups -OCH3 is 1. The first-order valence-corrected chi connectivity index (χ1v) is 9.20. The number of ether oxygens (including phenoxy) is 1. The molecule has 2 amide bonds. The zero-order valence-electron chi connectivity index (χ0n) is 16.3. The summed E-state index contributed by atoms with van der Waals surface area (Å²) in [6.45, 7) is 6.05. The summed E-state index contributed by atoms with van der Waals surface area (Å²) >= 11 is 0. The third-order valence-corrected chi connectivity index (χ3v) is 4.66. The van der Waals surface area contributed by atoms with Crippen molar-refractivity contribution in [1.29, 1.82) is 0 Å². The number of esters is 1. The fraction of sp³-hybridized carbons (Fsp3) is 0.550. The summed E-state index contributed by atoms with van der Waals surface area (Å²) in [4.78, 5) is 38.5. The van der Waals surface area contributed by atoms with Gasteiger partial charge in [0.1, 0.15) is 6.04 Å². The number of hydrogen-bond donors (Lipinski definition) is 2. The molecule has 1 aliphatic heterocycles. The molecular formula is C20H28N2O5. The lowest BCUT2D eigenvalue weighted by Crippen LogP contribution is -2.51. The molecule has 2 rings (SSSR count). The quantitative estimate of drug-likeness (QED) is 0.768. The molecule has 1 aromatic rings. The minimum Gasteiger partial charge on any atom is -0.467 e. The number of hydrogen-bond acceptors (Lipinski definition) is 5. The number of aryl methyl sites for hydroxylation is 1. The van der Waals surface area contributed by atoms with Crippen LogP contribution in [0.1, 0.15) is 49.0 Å². The number of benzene rings is 1. The predicted octanol–water partition coefficient (Wildman–Crippen LogP) is 2.12. The highest BCUT2D eigenvalue weighted by molar-refractivity contribution is 5.99. The van der Waals surface area contributed by atoms with Gasteiger partial charge in [0.15, 0.2) is 0 Å². The van der Waals surface area contributed by atoms with Crippen LogP contribution >= 0.6 is 0 Å². The number of anilines is 1. The number of nitrogens with one attached hydrogen (secondary N) is 1. The fourth-order valence-electron chi connectivity index (χ4n) is 3.18. The van der Waals surface area contributed by atoms with Gasteiger partial charge >= 0.3 is 5.97 Å². The Balaban J connectivity index is 2.23. The van der Waals surface area contributed by atoms with E-state index < -0.39 is 18.1 Å². The normalized spacial score (nSPS) is 19.7. The molecule has 7 nitrogen and oxygen atoms in total. The first-order valence-electron chi connectivity index (χ1n) is 9.20. The minimum absolute atomic E-state index is 0.105. The van der Waals surface area contributed by atoms with Gasteiger partial charge in [-0.1, -0.05) is 19.9 Å². The Hall–Kier alpha value is -2.41. The van der Waals surface area contributed by atoms with Crippen LogP contribution in [-0.4, -0.2) is 53.6 Å². The number of amides is 2. The lowest BCUT2D eigenvalue weighted by atomic mass is 9.98. The molecule has 1 fully saturated rings. The Bertz CT molecular complexity index is 716. The van der Waals surface area contributed by atoms with Crippen molar-refractivity contribution in [3.63, 3.8) is 0 Å². The molecule has 0 saturated carbocycles. The monoisotopic (exact) mass is 376 g/mol. The van der Waals surface area contributed by atoms with Crippen LogP contribution < -0.4 is 5.32 Å². The van der Waals surface area contributed by atoms with Gasteiger partial charge in [0, 0.05) is 30.6 Å². The van der Waals surface area contributed by atoms with E-state index in [2.05, 4.69) is 5.32 Å². The van der Waals surface area contributed by atoms with Crippen LogP contribution in [0.4, 0.5) is 5.69 Å². The van der Waals surface area contributed by atoms with Crippen molar-refractivity contribution >= 4 is 23.5 Å². The summed E-state index contributed by atoms with van der Waals surface area (Å²) in [6.07, 6.45) is 0.319. The van der Waals surface area contributed by atoms with E-state index in [0.29, 0.717) is 24.1 Å². The van der Waals surface area contributed by atoms with Gasteiger partial charge in [-0.25, -0.2) is 4.79 Å². The van der Waals surface area contributed by atoms with Crippen molar-refractivity contribution in [2.75, 3.05) is 19.0 Å². The van der Waals surface area contributed by atoms with Crippen LogP contribution in [0.3, 0.4) is 0 Å². The average molecular weight is 376 g/mol. The number of carbonyl (C=O) groups excluding carboxylic acids is 3. The van der Waals surface area contributed by atoms with Gasteiger partial charge in [-0.3, -0.25) is 9.59 Å². The molecule has 1 heterocycles. The number of likely N-dealkylation sites (tertiary alicyclic amines) is 1. The molecule has 0 spiro atoms. The van der Waals surface area contributed by atoms with E-state index in [0.717, 1.165) is 5.56 Å². The molecule has 27 heavy (non-hydrogen) atoms. The fourth-order valence-corrected chi connectivity index (χ4v) is 3.18. The van der Waals surface area contributed by atoms with E-state index >= 15 is 0 Å². The molecule has 0 bridgehead atoms. The summed E-state index contributed by atoms with van der Waals surface area (Å²) in [5.41, 5.74) is 1.81. The van der Waals surface area contributed by atoms with Gasteiger partial charge in [0.2, 0.25) is 5.91 Å². The lowest BCUT2D eigenvalue weighted by Gasteiger charge is -2.36. The van der Waals surface area contributed by atoms with Gasteiger partial charge in [-0.15, -0.1) is 0 Å². The van der Waals surface area contributed by atoms with Crippen molar-refractivity contribution in [3.05, 3.63) is 29.3 Å². The van der Waals surface area contributed by atoms with Crippen molar-refractivity contribution in [2.45, 2.75) is 52.2 Å². The second-order valence-electron chi connectivity index (χ2n) is 7.39. The highest BCUT2D eigenvalue weighted by Gasteiger charge is 2.36. The minimum atomic E-state index is -0.813. The maximum Gasteiger partial charge on any atom is 0.328 e. The van der Waals surface area contributed by atoms with Crippen LogP contribution in [0.2, 0.25) is 0 Å². The third kappa shape index (κ3) is 5.29. The number of aliphatic hydroxyl groups is 1. The highest BCUT2D eigenvalue weighted by atomic mass is 16.5. The number of rotatable bonds is 5. The molecule has 0 radical (unpaired) electrons. The number of aliphatic hydroxyl groups excluding tert-OH is 1.